The Labute approximate surface area is 116 Å². The highest BCUT2D eigenvalue weighted by Crippen LogP contribution is 2.30. The van der Waals surface area contributed by atoms with E-state index in [1.165, 1.54) is 16.7 Å². The largest absolute Gasteiger partial charge is 0.198 e. The van der Waals surface area contributed by atoms with Gasteiger partial charge in [-0.1, -0.05) is 70.2 Å². The van der Waals surface area contributed by atoms with Crippen LogP contribution in [0.3, 0.4) is 0 Å². The predicted molar refractivity (Wildman–Crippen MR) is 80.5 cm³/mol. The van der Waals surface area contributed by atoms with Gasteiger partial charge in [0.25, 0.3) is 0 Å². The second kappa shape index (κ2) is 5.05. The van der Waals surface area contributed by atoms with E-state index >= 15 is 0 Å². The Bertz CT molecular complexity index is 564. The minimum Gasteiger partial charge on any atom is -0.198 e. The first-order valence-corrected chi connectivity index (χ1v) is 6.82. The van der Waals surface area contributed by atoms with Crippen LogP contribution >= 0.6 is 0 Å². The van der Waals surface area contributed by atoms with Gasteiger partial charge in [-0.3, -0.25) is 0 Å². The molecular weight excluding hydrogens is 230 g/mol. The molecule has 0 fully saturated rings. The van der Waals surface area contributed by atoms with Gasteiger partial charge < -0.3 is 0 Å². The molecule has 0 aliphatic heterocycles. The maximum absolute atomic E-state index is 9.04. The van der Waals surface area contributed by atoms with E-state index in [0.29, 0.717) is 0 Å². The van der Waals surface area contributed by atoms with Gasteiger partial charge in [0.15, 0.2) is 0 Å². The lowest BCUT2D eigenvalue weighted by molar-refractivity contribution is 0.590. The number of benzene rings is 1. The molecule has 1 aliphatic carbocycles. The first-order valence-electron chi connectivity index (χ1n) is 6.82. The highest BCUT2D eigenvalue weighted by molar-refractivity contribution is 5.75. The fourth-order valence-corrected chi connectivity index (χ4v) is 2.34. The van der Waals surface area contributed by atoms with Crippen molar-refractivity contribution in [2.24, 2.45) is 11.8 Å². The first kappa shape index (κ1) is 13.6. The summed E-state index contributed by atoms with van der Waals surface area (Å²) in [5.74, 6) is 0.290. The van der Waals surface area contributed by atoms with Gasteiger partial charge in [0.2, 0.25) is 0 Å². The van der Waals surface area contributed by atoms with Gasteiger partial charge in [-0.25, -0.2) is 0 Å². The van der Waals surface area contributed by atoms with Crippen LogP contribution in [-0.2, 0) is 5.41 Å². The Kier molecular flexibility index (Phi) is 3.62. The van der Waals surface area contributed by atoms with Crippen LogP contribution < -0.4 is 0 Å². The molecule has 1 nitrogen and oxygen atoms in total. The summed E-state index contributed by atoms with van der Waals surface area (Å²) in [7, 11) is 0. The van der Waals surface area contributed by atoms with Crippen LogP contribution in [-0.4, -0.2) is 0 Å². The summed E-state index contributed by atoms with van der Waals surface area (Å²) in [6, 6.07) is 11.0. The van der Waals surface area contributed by atoms with E-state index in [4.69, 9.17) is 5.26 Å². The predicted octanol–water partition coefficient (Wildman–Crippen LogP) is 4.71. The van der Waals surface area contributed by atoms with E-state index < -0.39 is 0 Å². The van der Waals surface area contributed by atoms with Crippen molar-refractivity contribution in [1.29, 1.82) is 5.26 Å². The molecule has 0 saturated heterocycles. The monoisotopic (exact) mass is 251 g/mol. The summed E-state index contributed by atoms with van der Waals surface area (Å²) in [5.41, 5.74) is 3.97. The molecular formula is C18H21N. The molecule has 19 heavy (non-hydrogen) atoms. The van der Waals surface area contributed by atoms with E-state index in [0.717, 1.165) is 0 Å². The highest BCUT2D eigenvalue weighted by atomic mass is 14.3. The van der Waals surface area contributed by atoms with Crippen molar-refractivity contribution in [3.8, 4) is 6.07 Å². The summed E-state index contributed by atoms with van der Waals surface area (Å²) < 4.78 is 0. The molecule has 0 aromatic heterocycles. The molecule has 1 aromatic carbocycles. The zero-order chi connectivity index (χ0) is 14.0. The van der Waals surface area contributed by atoms with Crippen LogP contribution in [0.25, 0.3) is 5.57 Å². The molecule has 2 rings (SSSR count). The lowest BCUT2D eigenvalue weighted by Gasteiger charge is -2.21. The second-order valence-corrected chi connectivity index (χ2v) is 6.33. The van der Waals surface area contributed by atoms with Crippen LogP contribution in [0, 0.1) is 23.2 Å². The van der Waals surface area contributed by atoms with Gasteiger partial charge in [-0.05, 0) is 28.0 Å². The van der Waals surface area contributed by atoms with Gasteiger partial charge in [0.05, 0.1) is 12.0 Å². The van der Waals surface area contributed by atoms with E-state index in [1.54, 1.807) is 0 Å². The molecule has 98 valence electrons. The van der Waals surface area contributed by atoms with E-state index in [-0.39, 0.29) is 17.3 Å². The average molecular weight is 251 g/mol. The minimum absolute atomic E-state index is 0.00884. The highest BCUT2D eigenvalue weighted by Gasteiger charge is 2.18. The topological polar surface area (TPSA) is 23.8 Å². The number of nitriles is 1. The molecule has 0 amide bonds. The molecule has 1 heteroatoms. The number of hydrogen-bond acceptors (Lipinski definition) is 1. The Balaban J connectivity index is 2.35. The molecule has 0 N–H and O–H groups in total. The number of rotatable bonds is 1. The van der Waals surface area contributed by atoms with Crippen molar-refractivity contribution in [3.05, 3.63) is 53.6 Å². The SMILES string of the molecule is CC1C=C(c2cccc(C(C)(C)C)c2)C=CC1C#N. The third kappa shape index (κ3) is 2.96. The molecule has 0 radical (unpaired) electrons. The van der Waals surface area contributed by atoms with Crippen molar-refractivity contribution in [1.82, 2.24) is 0 Å². The first-order chi connectivity index (χ1) is 8.91. The zero-order valence-electron chi connectivity index (χ0n) is 12.1. The van der Waals surface area contributed by atoms with E-state index in [1.807, 2.05) is 6.08 Å². The summed E-state index contributed by atoms with van der Waals surface area (Å²) in [6.07, 6.45) is 6.30. The Morgan fingerprint density at radius 3 is 2.53 bits per heavy atom. The Morgan fingerprint density at radius 2 is 1.95 bits per heavy atom. The summed E-state index contributed by atoms with van der Waals surface area (Å²) in [5, 5.41) is 9.04. The number of nitrogens with zero attached hydrogens (tertiary/aromatic N) is 1. The van der Waals surface area contributed by atoms with Crippen LogP contribution in [0.15, 0.2) is 42.5 Å². The maximum Gasteiger partial charge on any atom is 0.0707 e. The molecule has 1 aromatic rings. The molecule has 0 spiro atoms. The molecule has 0 heterocycles. The molecule has 2 unspecified atom stereocenters. The number of allylic oxidation sites excluding steroid dienone is 4. The van der Waals surface area contributed by atoms with E-state index in [2.05, 4.69) is 70.2 Å². The van der Waals surface area contributed by atoms with Crippen molar-refractivity contribution in [2.75, 3.05) is 0 Å². The minimum atomic E-state index is 0.00884. The standard InChI is InChI=1S/C18H21N/c1-13-10-15(8-9-16(13)12-19)14-6-5-7-17(11-14)18(2,3)4/h5-11,13,16H,1-4H3. The lowest BCUT2D eigenvalue weighted by atomic mass is 9.83. The van der Waals surface area contributed by atoms with Gasteiger partial charge in [-0.15, -0.1) is 0 Å². The van der Waals surface area contributed by atoms with Crippen molar-refractivity contribution >= 4 is 5.57 Å². The van der Waals surface area contributed by atoms with Gasteiger partial charge in [0, 0.05) is 0 Å². The quantitative estimate of drug-likeness (QED) is 0.709. The van der Waals surface area contributed by atoms with Crippen LogP contribution in [0.1, 0.15) is 38.8 Å². The van der Waals surface area contributed by atoms with Crippen molar-refractivity contribution in [2.45, 2.75) is 33.1 Å². The summed E-state index contributed by atoms with van der Waals surface area (Å²) in [6.45, 7) is 8.79. The molecule has 0 saturated carbocycles. The van der Waals surface area contributed by atoms with Gasteiger partial charge in [-0.2, -0.15) is 5.26 Å². The maximum atomic E-state index is 9.04. The third-order valence-electron chi connectivity index (χ3n) is 3.70. The smallest absolute Gasteiger partial charge is 0.0707 e. The second-order valence-electron chi connectivity index (χ2n) is 6.33. The normalized spacial score (nSPS) is 22.8. The van der Waals surface area contributed by atoms with E-state index in [9.17, 15) is 0 Å². The zero-order valence-corrected chi connectivity index (χ0v) is 12.1. The van der Waals surface area contributed by atoms with Crippen LogP contribution in [0.2, 0.25) is 0 Å². The fraction of sp³-hybridized carbons (Fsp3) is 0.389. The Hall–Kier alpha value is -1.81. The number of hydrogen-bond donors (Lipinski definition) is 0. The fourth-order valence-electron chi connectivity index (χ4n) is 2.34. The summed E-state index contributed by atoms with van der Waals surface area (Å²) >= 11 is 0. The third-order valence-corrected chi connectivity index (χ3v) is 3.70. The van der Waals surface area contributed by atoms with Gasteiger partial charge >= 0.3 is 0 Å². The lowest BCUT2D eigenvalue weighted by Crippen LogP contribution is -2.12. The van der Waals surface area contributed by atoms with Crippen molar-refractivity contribution < 1.29 is 0 Å². The van der Waals surface area contributed by atoms with Gasteiger partial charge in [0.1, 0.15) is 0 Å². The molecule has 2 atom stereocenters. The molecule has 0 bridgehead atoms. The summed E-state index contributed by atoms with van der Waals surface area (Å²) in [4.78, 5) is 0. The molecule has 1 aliphatic rings. The Morgan fingerprint density at radius 1 is 1.21 bits per heavy atom. The average Bonchev–Trinajstić information content (AvgIpc) is 2.38. The van der Waals surface area contributed by atoms with Crippen molar-refractivity contribution in [3.63, 3.8) is 0 Å². The van der Waals surface area contributed by atoms with Crippen LogP contribution in [0.5, 0.6) is 0 Å². The van der Waals surface area contributed by atoms with Crippen LogP contribution in [0.4, 0.5) is 0 Å².